The van der Waals surface area contributed by atoms with E-state index in [1.807, 2.05) is 45.9 Å². The Morgan fingerprint density at radius 2 is 1.75 bits per heavy atom. The van der Waals surface area contributed by atoms with Crippen LogP contribution in [0.3, 0.4) is 0 Å². The lowest BCUT2D eigenvalue weighted by atomic mass is 9.75. The van der Waals surface area contributed by atoms with Gasteiger partial charge in [0.2, 0.25) is 0 Å². The summed E-state index contributed by atoms with van der Waals surface area (Å²) >= 11 is 3.52. The third kappa shape index (κ3) is 2.75. The first-order chi connectivity index (χ1) is 9.18. The molecule has 1 fully saturated rings. The Morgan fingerprint density at radius 1 is 1.20 bits per heavy atom. The van der Waals surface area contributed by atoms with E-state index in [4.69, 9.17) is 19.8 Å². The van der Waals surface area contributed by atoms with E-state index in [0.717, 1.165) is 15.8 Å². The number of hydrogen-bond acceptors (Lipinski definition) is 4. The molecule has 2 N–H and O–H groups in total. The van der Waals surface area contributed by atoms with Crippen molar-refractivity contribution in [1.29, 1.82) is 0 Å². The van der Waals surface area contributed by atoms with Crippen LogP contribution in [0.2, 0.25) is 0 Å². The Kier molecular flexibility index (Phi) is 4.22. The summed E-state index contributed by atoms with van der Waals surface area (Å²) in [6.07, 6.45) is 0. The van der Waals surface area contributed by atoms with E-state index in [1.165, 1.54) is 0 Å². The monoisotopic (exact) mass is 341 g/mol. The normalized spacial score (nSPS) is 21.9. The van der Waals surface area contributed by atoms with Crippen molar-refractivity contribution >= 4 is 23.0 Å². The first-order valence-corrected chi connectivity index (χ1v) is 7.42. The van der Waals surface area contributed by atoms with Crippen LogP contribution in [0.15, 0.2) is 22.7 Å². The number of benzene rings is 1. The van der Waals surface area contributed by atoms with Gasteiger partial charge in [0, 0.05) is 4.47 Å². The van der Waals surface area contributed by atoms with E-state index >= 15 is 0 Å². The molecular weight excluding hydrogens is 321 g/mol. The Morgan fingerprint density at radius 3 is 2.25 bits per heavy atom. The van der Waals surface area contributed by atoms with Gasteiger partial charge in [0.1, 0.15) is 5.75 Å². The average molecular weight is 342 g/mol. The lowest BCUT2D eigenvalue weighted by molar-refractivity contribution is 0.00578. The van der Waals surface area contributed by atoms with Crippen LogP contribution in [0.25, 0.3) is 0 Å². The van der Waals surface area contributed by atoms with Gasteiger partial charge in [-0.25, -0.2) is 0 Å². The summed E-state index contributed by atoms with van der Waals surface area (Å²) in [7, 11) is 1.15. The second kappa shape index (κ2) is 5.33. The second-order valence-electron chi connectivity index (χ2n) is 6.04. The van der Waals surface area contributed by atoms with E-state index in [2.05, 4.69) is 15.9 Å². The van der Waals surface area contributed by atoms with Crippen molar-refractivity contribution in [3.8, 4) is 5.75 Å². The molecule has 1 aliphatic heterocycles. The van der Waals surface area contributed by atoms with Gasteiger partial charge in [0.05, 0.1) is 24.3 Å². The zero-order chi connectivity index (χ0) is 15.1. The van der Waals surface area contributed by atoms with Crippen molar-refractivity contribution in [3.05, 3.63) is 28.2 Å². The topological polar surface area (TPSA) is 53.7 Å². The molecule has 1 aliphatic rings. The molecule has 4 nitrogen and oxygen atoms in total. The molecule has 1 aromatic carbocycles. The van der Waals surface area contributed by atoms with E-state index in [9.17, 15) is 0 Å². The Hall–Kier alpha value is -0.555. The molecule has 1 aromatic rings. The summed E-state index contributed by atoms with van der Waals surface area (Å²) in [4.78, 5) is 0. The molecule has 2 rings (SSSR count). The maximum Gasteiger partial charge on any atom is 0.480 e. The van der Waals surface area contributed by atoms with Gasteiger partial charge in [-0.2, -0.15) is 0 Å². The van der Waals surface area contributed by atoms with Crippen LogP contribution in [0.5, 0.6) is 5.75 Å². The number of methoxy groups -OCH3 is 1. The molecule has 0 radical (unpaired) electrons. The molecule has 0 saturated carbocycles. The third-order valence-corrected chi connectivity index (χ3v) is 4.85. The van der Waals surface area contributed by atoms with Crippen molar-refractivity contribution in [2.24, 2.45) is 5.73 Å². The standard InChI is InChI=1S/C14H21BBrNO3/c1-13(2)14(3,4)20-15(19-13)12(17)10-8-9(18-5)6-7-11(10)16/h6-8,12H,17H2,1-5H3/t12-/m1/s1. The van der Waals surface area contributed by atoms with E-state index in [-0.39, 0.29) is 17.1 Å². The molecule has 0 aliphatic carbocycles. The van der Waals surface area contributed by atoms with E-state index in [1.54, 1.807) is 7.11 Å². The van der Waals surface area contributed by atoms with Crippen LogP contribution in [-0.4, -0.2) is 25.4 Å². The summed E-state index contributed by atoms with van der Waals surface area (Å²) in [5.74, 6) is 0.371. The summed E-state index contributed by atoms with van der Waals surface area (Å²) in [5.41, 5.74) is 6.46. The number of halogens is 1. The van der Waals surface area contributed by atoms with Crippen LogP contribution in [0.1, 0.15) is 39.2 Å². The highest BCUT2D eigenvalue weighted by Crippen LogP contribution is 2.40. The quantitative estimate of drug-likeness (QED) is 0.858. The first kappa shape index (κ1) is 15.8. The number of hydrogen-bond donors (Lipinski definition) is 1. The highest BCUT2D eigenvalue weighted by molar-refractivity contribution is 9.10. The maximum atomic E-state index is 6.33. The van der Waals surface area contributed by atoms with Crippen molar-refractivity contribution in [2.75, 3.05) is 7.11 Å². The van der Waals surface area contributed by atoms with E-state index < -0.39 is 7.12 Å². The lowest BCUT2D eigenvalue weighted by Gasteiger charge is -2.32. The molecule has 20 heavy (non-hydrogen) atoms. The maximum absolute atomic E-state index is 6.33. The zero-order valence-electron chi connectivity index (χ0n) is 12.6. The van der Waals surface area contributed by atoms with Gasteiger partial charge in [-0.1, -0.05) is 15.9 Å². The molecular formula is C14H21BBrNO3. The van der Waals surface area contributed by atoms with Gasteiger partial charge in [-0.15, -0.1) is 0 Å². The average Bonchev–Trinajstić information content (AvgIpc) is 2.58. The first-order valence-electron chi connectivity index (χ1n) is 6.62. The molecule has 0 amide bonds. The fourth-order valence-corrected chi connectivity index (χ4v) is 2.60. The fraction of sp³-hybridized carbons (Fsp3) is 0.571. The molecule has 0 unspecified atom stereocenters. The molecule has 0 aromatic heterocycles. The van der Waals surface area contributed by atoms with Gasteiger partial charge in [0.25, 0.3) is 0 Å². The van der Waals surface area contributed by atoms with Crippen LogP contribution < -0.4 is 10.5 Å². The zero-order valence-corrected chi connectivity index (χ0v) is 14.2. The van der Waals surface area contributed by atoms with Crippen molar-refractivity contribution in [3.63, 3.8) is 0 Å². The number of rotatable bonds is 3. The van der Waals surface area contributed by atoms with Crippen molar-refractivity contribution < 1.29 is 14.0 Å². The fourth-order valence-electron chi connectivity index (χ4n) is 2.09. The Balaban J connectivity index is 2.27. The van der Waals surface area contributed by atoms with Gasteiger partial charge < -0.3 is 19.8 Å². The predicted octanol–water partition coefficient (Wildman–Crippen LogP) is 3.09. The van der Waals surface area contributed by atoms with Crippen LogP contribution in [-0.2, 0) is 9.31 Å². The SMILES string of the molecule is COc1ccc(Br)c([C@@H](N)B2OC(C)(C)C(C)(C)O2)c1. The van der Waals surface area contributed by atoms with Gasteiger partial charge in [-0.3, -0.25) is 0 Å². The largest absolute Gasteiger partial charge is 0.497 e. The summed E-state index contributed by atoms with van der Waals surface area (Å²) in [5, 5.41) is 0. The van der Waals surface area contributed by atoms with Gasteiger partial charge in [0.15, 0.2) is 0 Å². The Bertz CT molecular complexity index is 491. The molecule has 1 atom stereocenters. The highest BCUT2D eigenvalue weighted by Gasteiger charge is 2.53. The third-order valence-electron chi connectivity index (χ3n) is 4.13. The minimum atomic E-state index is -0.483. The molecule has 1 heterocycles. The summed E-state index contributed by atoms with van der Waals surface area (Å²) < 4.78 is 18.2. The smallest absolute Gasteiger partial charge is 0.480 e. The minimum Gasteiger partial charge on any atom is -0.497 e. The molecule has 0 bridgehead atoms. The molecule has 6 heteroatoms. The molecule has 1 saturated heterocycles. The van der Waals surface area contributed by atoms with E-state index in [0.29, 0.717) is 0 Å². The lowest BCUT2D eigenvalue weighted by Crippen LogP contribution is -2.41. The Labute approximate surface area is 129 Å². The van der Waals surface area contributed by atoms with Crippen molar-refractivity contribution in [2.45, 2.75) is 44.8 Å². The minimum absolute atomic E-state index is 0.388. The van der Waals surface area contributed by atoms with Crippen LogP contribution >= 0.6 is 15.9 Å². The van der Waals surface area contributed by atoms with Gasteiger partial charge >= 0.3 is 7.12 Å². The second-order valence-corrected chi connectivity index (χ2v) is 6.89. The molecule has 110 valence electrons. The summed E-state index contributed by atoms with van der Waals surface area (Å²) in [6, 6.07) is 5.70. The van der Waals surface area contributed by atoms with Crippen molar-refractivity contribution in [1.82, 2.24) is 0 Å². The predicted molar refractivity (Wildman–Crippen MR) is 83.7 cm³/mol. The summed E-state index contributed by atoms with van der Waals surface area (Å²) in [6.45, 7) is 8.06. The highest BCUT2D eigenvalue weighted by atomic mass is 79.9. The number of ether oxygens (including phenoxy) is 1. The number of nitrogens with two attached hydrogens (primary N) is 1. The van der Waals surface area contributed by atoms with Crippen LogP contribution in [0, 0.1) is 0 Å². The molecule has 0 spiro atoms. The van der Waals surface area contributed by atoms with Crippen LogP contribution in [0.4, 0.5) is 0 Å². The van der Waals surface area contributed by atoms with Gasteiger partial charge in [-0.05, 0) is 51.5 Å².